The molecule has 0 bridgehead atoms. The van der Waals surface area contributed by atoms with E-state index in [9.17, 15) is 31.9 Å². The number of anilines is 1. The zero-order valence-corrected chi connectivity index (χ0v) is 18.6. The van der Waals surface area contributed by atoms with Crippen molar-refractivity contribution in [3.8, 4) is 11.3 Å². The molecule has 0 radical (unpaired) electrons. The minimum absolute atomic E-state index is 0.0163. The van der Waals surface area contributed by atoms with Crippen molar-refractivity contribution in [2.45, 2.75) is 51.0 Å². The van der Waals surface area contributed by atoms with Crippen molar-refractivity contribution < 1.29 is 31.9 Å². The van der Waals surface area contributed by atoms with Gasteiger partial charge in [0.15, 0.2) is 29.1 Å². The van der Waals surface area contributed by atoms with Gasteiger partial charge in [-0.3, -0.25) is 4.79 Å². The number of aromatic nitrogens is 2. The van der Waals surface area contributed by atoms with Gasteiger partial charge in [0.25, 0.3) is 0 Å². The summed E-state index contributed by atoms with van der Waals surface area (Å²) in [5, 5.41) is 11.7. The summed E-state index contributed by atoms with van der Waals surface area (Å²) in [6.45, 7) is -0.104. The first-order valence-electron chi connectivity index (χ1n) is 11.2. The van der Waals surface area contributed by atoms with Crippen LogP contribution in [0.25, 0.3) is 11.3 Å². The molecule has 4 rings (SSSR count). The van der Waals surface area contributed by atoms with Crippen LogP contribution in [0.15, 0.2) is 30.5 Å². The van der Waals surface area contributed by atoms with Crippen molar-refractivity contribution in [3.63, 3.8) is 0 Å². The van der Waals surface area contributed by atoms with E-state index >= 15 is 0 Å². The molecule has 3 aromatic rings. The number of hydrogen-bond donors (Lipinski definition) is 2. The summed E-state index contributed by atoms with van der Waals surface area (Å²) in [7, 11) is 0. The molecule has 1 heterocycles. The summed E-state index contributed by atoms with van der Waals surface area (Å²) in [5.74, 6) is -11.5. The third-order valence-corrected chi connectivity index (χ3v) is 6.12. The fraction of sp³-hybridized carbons (Fsp3) is 0.320. The van der Waals surface area contributed by atoms with Gasteiger partial charge in [0.2, 0.25) is 11.7 Å². The quantitative estimate of drug-likeness (QED) is 0.269. The molecule has 1 saturated carbocycles. The maximum Gasteiger partial charge on any atom is 0.230 e. The largest absolute Gasteiger partial charge is 0.392 e. The van der Waals surface area contributed by atoms with Crippen LogP contribution in [0.3, 0.4) is 0 Å². The molecule has 35 heavy (non-hydrogen) atoms. The summed E-state index contributed by atoms with van der Waals surface area (Å²) in [4.78, 5) is 21.6. The normalized spacial score (nSPS) is 14.2. The van der Waals surface area contributed by atoms with Crippen LogP contribution in [0.4, 0.5) is 27.8 Å². The Balaban J connectivity index is 1.64. The zero-order chi connectivity index (χ0) is 25.1. The predicted octanol–water partition coefficient (Wildman–Crippen LogP) is 5.56. The number of nitrogens with one attached hydrogen (secondary N) is 1. The molecule has 2 aromatic carbocycles. The highest BCUT2D eigenvalue weighted by molar-refractivity contribution is 5.92. The molecule has 0 aliphatic heterocycles. The van der Waals surface area contributed by atoms with Gasteiger partial charge in [-0.25, -0.2) is 31.9 Å². The Morgan fingerprint density at radius 2 is 1.51 bits per heavy atom. The van der Waals surface area contributed by atoms with Gasteiger partial charge in [0, 0.05) is 17.0 Å². The van der Waals surface area contributed by atoms with E-state index in [0.717, 1.165) is 43.2 Å². The molecular formula is C25H22F5N3O2. The lowest BCUT2D eigenvalue weighted by molar-refractivity contribution is -0.115. The van der Waals surface area contributed by atoms with E-state index in [1.807, 2.05) is 0 Å². The fourth-order valence-corrected chi connectivity index (χ4v) is 4.22. The Morgan fingerprint density at radius 1 is 0.914 bits per heavy atom. The smallest absolute Gasteiger partial charge is 0.230 e. The molecule has 1 amide bonds. The lowest BCUT2D eigenvalue weighted by Crippen LogP contribution is -2.21. The summed E-state index contributed by atoms with van der Waals surface area (Å²) in [5.41, 5.74) is 1.29. The molecule has 1 aliphatic carbocycles. The molecule has 0 saturated heterocycles. The van der Waals surface area contributed by atoms with E-state index in [1.54, 1.807) is 24.3 Å². The predicted molar refractivity (Wildman–Crippen MR) is 118 cm³/mol. The van der Waals surface area contributed by atoms with Crippen LogP contribution in [0.5, 0.6) is 0 Å². The van der Waals surface area contributed by atoms with Gasteiger partial charge in [-0.05, 0) is 18.4 Å². The highest BCUT2D eigenvalue weighted by Crippen LogP contribution is 2.36. The minimum atomic E-state index is -2.28. The number of amides is 1. The molecule has 2 N–H and O–H groups in total. The third-order valence-electron chi connectivity index (χ3n) is 6.12. The van der Waals surface area contributed by atoms with E-state index in [1.165, 1.54) is 6.20 Å². The molecule has 0 spiro atoms. The standard InChI is InChI=1S/C25H22F5N3O2/c26-19-16(20(27)22(29)23(30)21(19)28)10-18(35)33-25-24(15-4-2-1-3-5-15)32-17(11-31-25)14-8-6-13(12-34)7-9-14/h6-9,11,15,34H,1-5,10,12H2,(H,31,33,35). The van der Waals surface area contributed by atoms with E-state index in [0.29, 0.717) is 11.4 Å². The van der Waals surface area contributed by atoms with Gasteiger partial charge in [0.05, 0.1) is 30.6 Å². The van der Waals surface area contributed by atoms with Crippen molar-refractivity contribution in [1.82, 2.24) is 9.97 Å². The van der Waals surface area contributed by atoms with Crippen molar-refractivity contribution >= 4 is 11.7 Å². The number of nitrogens with zero attached hydrogens (tertiary/aromatic N) is 2. The highest BCUT2D eigenvalue weighted by atomic mass is 19.2. The van der Waals surface area contributed by atoms with Crippen LogP contribution in [-0.4, -0.2) is 21.0 Å². The maximum atomic E-state index is 14.0. The van der Waals surface area contributed by atoms with Crippen LogP contribution in [0.2, 0.25) is 0 Å². The number of halogens is 5. The number of aliphatic hydroxyl groups excluding tert-OH is 1. The van der Waals surface area contributed by atoms with E-state index in [4.69, 9.17) is 4.98 Å². The third kappa shape index (κ3) is 5.17. The first-order valence-corrected chi connectivity index (χ1v) is 11.2. The Hall–Kier alpha value is -3.40. The Morgan fingerprint density at radius 3 is 2.11 bits per heavy atom. The van der Waals surface area contributed by atoms with E-state index < -0.39 is 47.0 Å². The van der Waals surface area contributed by atoms with Crippen molar-refractivity contribution in [2.24, 2.45) is 0 Å². The lowest BCUT2D eigenvalue weighted by Gasteiger charge is -2.23. The van der Waals surface area contributed by atoms with E-state index in [-0.39, 0.29) is 18.3 Å². The number of hydrogen-bond acceptors (Lipinski definition) is 4. The molecule has 1 aromatic heterocycles. The number of rotatable bonds is 6. The van der Waals surface area contributed by atoms with Crippen LogP contribution < -0.4 is 5.32 Å². The first-order chi connectivity index (χ1) is 16.8. The Labute approximate surface area is 198 Å². The average molecular weight is 491 g/mol. The van der Waals surface area contributed by atoms with Gasteiger partial charge in [-0.15, -0.1) is 0 Å². The van der Waals surface area contributed by atoms with Crippen LogP contribution in [0, 0.1) is 29.1 Å². The van der Waals surface area contributed by atoms with Crippen molar-refractivity contribution in [1.29, 1.82) is 0 Å². The second-order valence-corrected chi connectivity index (χ2v) is 8.45. The minimum Gasteiger partial charge on any atom is -0.392 e. The summed E-state index contributed by atoms with van der Waals surface area (Å²) >= 11 is 0. The molecule has 5 nitrogen and oxygen atoms in total. The van der Waals surface area contributed by atoms with Crippen LogP contribution in [-0.2, 0) is 17.8 Å². The SMILES string of the molecule is O=C(Cc1c(F)c(F)c(F)c(F)c1F)Nc1ncc(-c2ccc(CO)cc2)nc1C1CCCCC1. The zero-order valence-electron chi connectivity index (χ0n) is 18.6. The molecule has 1 fully saturated rings. The Bertz CT molecular complexity index is 1220. The van der Waals surface area contributed by atoms with E-state index in [2.05, 4.69) is 10.3 Å². The molecule has 0 atom stereocenters. The molecular weight excluding hydrogens is 469 g/mol. The summed E-state index contributed by atoms with van der Waals surface area (Å²) in [6.07, 6.45) is 4.95. The Kier molecular flexibility index (Phi) is 7.39. The maximum absolute atomic E-state index is 14.0. The summed E-state index contributed by atoms with van der Waals surface area (Å²) < 4.78 is 68.4. The second kappa shape index (κ2) is 10.5. The first kappa shape index (κ1) is 24.7. The lowest BCUT2D eigenvalue weighted by atomic mass is 9.86. The van der Waals surface area contributed by atoms with Gasteiger partial charge < -0.3 is 10.4 Å². The van der Waals surface area contributed by atoms with Gasteiger partial charge in [-0.2, -0.15) is 0 Å². The second-order valence-electron chi connectivity index (χ2n) is 8.45. The fourth-order valence-electron chi connectivity index (χ4n) is 4.22. The van der Waals surface area contributed by atoms with Gasteiger partial charge >= 0.3 is 0 Å². The van der Waals surface area contributed by atoms with Crippen LogP contribution >= 0.6 is 0 Å². The molecule has 1 aliphatic rings. The molecule has 184 valence electrons. The number of carbonyl (C=O) groups excluding carboxylic acids is 1. The number of aliphatic hydroxyl groups is 1. The van der Waals surface area contributed by atoms with Crippen LogP contribution in [0.1, 0.15) is 54.8 Å². The van der Waals surface area contributed by atoms with Gasteiger partial charge in [-0.1, -0.05) is 43.5 Å². The van der Waals surface area contributed by atoms with Crippen molar-refractivity contribution in [2.75, 3.05) is 5.32 Å². The van der Waals surface area contributed by atoms with Gasteiger partial charge in [0.1, 0.15) is 0 Å². The summed E-state index contributed by atoms with van der Waals surface area (Å²) in [6, 6.07) is 7.05. The van der Waals surface area contributed by atoms with Crippen molar-refractivity contribution in [3.05, 3.63) is 76.4 Å². The molecule has 0 unspecified atom stereocenters. The monoisotopic (exact) mass is 491 g/mol. The molecule has 10 heteroatoms. The highest BCUT2D eigenvalue weighted by Gasteiger charge is 2.28. The number of benzene rings is 2. The topological polar surface area (TPSA) is 75.1 Å². The number of carbonyl (C=O) groups is 1. The average Bonchev–Trinajstić information content (AvgIpc) is 2.89.